The summed E-state index contributed by atoms with van der Waals surface area (Å²) >= 11 is 3.30. The Bertz CT molecular complexity index is 436. The van der Waals surface area contributed by atoms with Gasteiger partial charge in [0.25, 0.3) is 0 Å². The van der Waals surface area contributed by atoms with Gasteiger partial charge in [-0.15, -0.1) is 0 Å². The molecular weight excluding hydrogens is 291 g/mol. The van der Waals surface area contributed by atoms with E-state index in [1.807, 2.05) is 0 Å². The van der Waals surface area contributed by atoms with Crippen LogP contribution in [0.1, 0.15) is 24.5 Å². The zero-order valence-electron chi connectivity index (χ0n) is 9.03. The number of carbonyl (C=O) groups is 1. The van der Waals surface area contributed by atoms with Gasteiger partial charge >= 0.3 is 5.97 Å². The quantitative estimate of drug-likeness (QED) is 0.913. The predicted octanol–water partition coefficient (Wildman–Crippen LogP) is 3.14. The van der Waals surface area contributed by atoms with Crippen LogP contribution < -0.4 is 0 Å². The first-order valence-corrected chi connectivity index (χ1v) is 6.18. The first-order chi connectivity index (χ1) is 8.09. The van der Waals surface area contributed by atoms with Crippen LogP contribution in [0.25, 0.3) is 0 Å². The van der Waals surface area contributed by atoms with E-state index >= 15 is 0 Å². The summed E-state index contributed by atoms with van der Waals surface area (Å²) in [6.45, 7) is 0.511. The monoisotopic (exact) mass is 302 g/mol. The van der Waals surface area contributed by atoms with E-state index in [1.54, 1.807) is 6.07 Å². The van der Waals surface area contributed by atoms with Crippen molar-refractivity contribution >= 4 is 21.9 Å². The van der Waals surface area contributed by atoms with E-state index < -0.39 is 18.0 Å². The van der Waals surface area contributed by atoms with E-state index in [0.29, 0.717) is 23.1 Å². The van der Waals surface area contributed by atoms with Crippen molar-refractivity contribution < 1.29 is 19.0 Å². The van der Waals surface area contributed by atoms with Crippen LogP contribution in [-0.4, -0.2) is 17.7 Å². The Balaban J connectivity index is 2.35. The molecule has 2 unspecified atom stereocenters. The Morgan fingerprint density at radius 1 is 1.53 bits per heavy atom. The van der Waals surface area contributed by atoms with Crippen molar-refractivity contribution in [3.05, 3.63) is 34.1 Å². The first kappa shape index (κ1) is 12.5. The molecule has 0 saturated carbocycles. The van der Waals surface area contributed by atoms with Crippen molar-refractivity contribution in [2.24, 2.45) is 5.92 Å². The lowest BCUT2D eigenvalue weighted by atomic mass is 9.89. The molecule has 1 fully saturated rings. The van der Waals surface area contributed by atoms with E-state index in [9.17, 15) is 9.18 Å². The molecule has 1 saturated heterocycles. The minimum absolute atomic E-state index is 0.387. The summed E-state index contributed by atoms with van der Waals surface area (Å²) in [5.74, 6) is -1.89. The van der Waals surface area contributed by atoms with Crippen molar-refractivity contribution in [3.8, 4) is 0 Å². The highest BCUT2D eigenvalue weighted by molar-refractivity contribution is 9.10. The summed E-state index contributed by atoms with van der Waals surface area (Å²) < 4.78 is 19.4. The molecule has 1 N–H and O–H groups in total. The summed E-state index contributed by atoms with van der Waals surface area (Å²) in [6, 6.07) is 4.23. The van der Waals surface area contributed by atoms with Crippen molar-refractivity contribution in [1.82, 2.24) is 0 Å². The molecule has 2 rings (SSSR count). The second kappa shape index (κ2) is 5.14. The number of benzene rings is 1. The molecule has 0 radical (unpaired) electrons. The molecule has 3 nitrogen and oxygen atoms in total. The molecule has 1 aliphatic heterocycles. The molecule has 0 aromatic heterocycles. The average molecular weight is 303 g/mol. The Morgan fingerprint density at radius 3 is 3.00 bits per heavy atom. The Labute approximate surface area is 107 Å². The van der Waals surface area contributed by atoms with Crippen LogP contribution >= 0.6 is 15.9 Å². The van der Waals surface area contributed by atoms with Crippen molar-refractivity contribution in [1.29, 1.82) is 0 Å². The fraction of sp³-hybridized carbons (Fsp3) is 0.417. The molecule has 0 amide bonds. The highest BCUT2D eigenvalue weighted by Crippen LogP contribution is 2.37. The van der Waals surface area contributed by atoms with Gasteiger partial charge in [-0.2, -0.15) is 0 Å². The van der Waals surface area contributed by atoms with Crippen molar-refractivity contribution in [3.63, 3.8) is 0 Å². The molecule has 17 heavy (non-hydrogen) atoms. The Hall–Kier alpha value is -0.940. The third-order valence-corrected chi connectivity index (χ3v) is 3.63. The average Bonchev–Trinajstić information content (AvgIpc) is 2.32. The third-order valence-electron chi connectivity index (χ3n) is 2.90. The fourth-order valence-corrected chi connectivity index (χ4v) is 2.55. The van der Waals surface area contributed by atoms with Gasteiger partial charge in [-0.3, -0.25) is 4.79 Å². The lowest BCUT2D eigenvalue weighted by Gasteiger charge is -2.29. The fourth-order valence-electron chi connectivity index (χ4n) is 2.07. The number of rotatable bonds is 2. The van der Waals surface area contributed by atoms with E-state index in [4.69, 9.17) is 9.84 Å². The molecule has 1 aromatic carbocycles. The van der Waals surface area contributed by atoms with Gasteiger partial charge in [0, 0.05) is 11.1 Å². The van der Waals surface area contributed by atoms with E-state index in [1.165, 1.54) is 12.1 Å². The number of hydrogen-bond donors (Lipinski definition) is 1. The maximum absolute atomic E-state index is 13.2. The predicted molar refractivity (Wildman–Crippen MR) is 63.2 cm³/mol. The molecule has 1 aromatic rings. The standard InChI is InChI=1S/C12H12BrFO3/c13-10-4-3-7(14)6-9(10)11-8(12(15)16)2-1-5-17-11/h3-4,6,8,11H,1-2,5H2,(H,15,16). The van der Waals surface area contributed by atoms with Crippen LogP contribution in [0, 0.1) is 11.7 Å². The molecule has 0 spiro atoms. The van der Waals surface area contributed by atoms with Gasteiger partial charge < -0.3 is 9.84 Å². The summed E-state index contributed by atoms with van der Waals surface area (Å²) in [4.78, 5) is 11.1. The molecule has 1 aliphatic rings. The van der Waals surface area contributed by atoms with Gasteiger partial charge in [0.05, 0.1) is 12.0 Å². The third kappa shape index (κ3) is 2.66. The molecule has 5 heteroatoms. The second-order valence-corrected chi connectivity index (χ2v) is 4.90. The lowest BCUT2D eigenvalue weighted by molar-refractivity contribution is -0.152. The highest BCUT2D eigenvalue weighted by atomic mass is 79.9. The summed E-state index contributed by atoms with van der Waals surface area (Å²) in [6.07, 6.45) is 0.704. The maximum atomic E-state index is 13.2. The number of halogens is 2. The number of ether oxygens (including phenoxy) is 1. The van der Waals surface area contributed by atoms with Crippen LogP contribution in [-0.2, 0) is 9.53 Å². The number of aliphatic carboxylic acids is 1. The number of carboxylic acid groups (broad SMARTS) is 1. The molecule has 92 valence electrons. The van der Waals surface area contributed by atoms with Gasteiger partial charge in [-0.25, -0.2) is 4.39 Å². The lowest BCUT2D eigenvalue weighted by Crippen LogP contribution is -2.29. The smallest absolute Gasteiger partial charge is 0.309 e. The summed E-state index contributed by atoms with van der Waals surface area (Å²) in [7, 11) is 0. The minimum atomic E-state index is -0.897. The van der Waals surface area contributed by atoms with Crippen LogP contribution in [0.15, 0.2) is 22.7 Å². The zero-order valence-corrected chi connectivity index (χ0v) is 10.6. The van der Waals surface area contributed by atoms with Crippen LogP contribution in [0.2, 0.25) is 0 Å². The number of carboxylic acids is 1. The van der Waals surface area contributed by atoms with Gasteiger partial charge in [0.1, 0.15) is 5.82 Å². The van der Waals surface area contributed by atoms with Gasteiger partial charge in [0.2, 0.25) is 0 Å². The molecular formula is C12H12BrFO3. The van der Waals surface area contributed by atoms with Crippen LogP contribution in [0.3, 0.4) is 0 Å². The van der Waals surface area contributed by atoms with E-state index in [0.717, 1.165) is 6.42 Å². The topological polar surface area (TPSA) is 46.5 Å². The second-order valence-electron chi connectivity index (χ2n) is 4.04. The Morgan fingerprint density at radius 2 is 2.29 bits per heavy atom. The van der Waals surface area contributed by atoms with Gasteiger partial charge in [-0.05, 0) is 36.6 Å². The van der Waals surface area contributed by atoms with Crippen LogP contribution in [0.4, 0.5) is 4.39 Å². The molecule has 0 aliphatic carbocycles. The van der Waals surface area contributed by atoms with E-state index in [2.05, 4.69) is 15.9 Å². The summed E-state index contributed by atoms with van der Waals surface area (Å²) in [5, 5.41) is 9.14. The van der Waals surface area contributed by atoms with Crippen LogP contribution in [0.5, 0.6) is 0 Å². The number of hydrogen-bond acceptors (Lipinski definition) is 2. The van der Waals surface area contributed by atoms with Gasteiger partial charge in [-0.1, -0.05) is 15.9 Å². The van der Waals surface area contributed by atoms with Crippen molar-refractivity contribution in [2.45, 2.75) is 18.9 Å². The maximum Gasteiger partial charge on any atom is 0.309 e. The normalized spacial score (nSPS) is 24.6. The van der Waals surface area contributed by atoms with Gasteiger partial charge in [0.15, 0.2) is 0 Å². The summed E-state index contributed by atoms with van der Waals surface area (Å²) in [5.41, 5.74) is 0.567. The molecule has 2 atom stereocenters. The SMILES string of the molecule is O=C(O)C1CCCOC1c1cc(F)ccc1Br. The zero-order chi connectivity index (χ0) is 12.4. The molecule has 0 bridgehead atoms. The largest absolute Gasteiger partial charge is 0.481 e. The molecule has 1 heterocycles. The first-order valence-electron chi connectivity index (χ1n) is 5.39. The minimum Gasteiger partial charge on any atom is -0.481 e. The highest BCUT2D eigenvalue weighted by Gasteiger charge is 2.34. The van der Waals surface area contributed by atoms with Crippen molar-refractivity contribution in [2.75, 3.05) is 6.61 Å². The van der Waals surface area contributed by atoms with E-state index in [-0.39, 0.29) is 5.82 Å². The Kier molecular flexibility index (Phi) is 3.79.